The predicted octanol–water partition coefficient (Wildman–Crippen LogP) is 4.60. The lowest BCUT2D eigenvalue weighted by atomic mass is 10.1. The van der Waals surface area contributed by atoms with Gasteiger partial charge in [0.25, 0.3) is 0 Å². The third-order valence-electron chi connectivity index (χ3n) is 3.08. The van der Waals surface area contributed by atoms with E-state index in [1.165, 1.54) is 16.9 Å². The van der Waals surface area contributed by atoms with Crippen LogP contribution in [-0.2, 0) is 6.54 Å². The van der Waals surface area contributed by atoms with Crippen molar-refractivity contribution in [1.82, 2.24) is 0 Å². The van der Waals surface area contributed by atoms with Crippen molar-refractivity contribution >= 4 is 43.2 Å². The Morgan fingerprint density at radius 3 is 2.44 bits per heavy atom. The van der Waals surface area contributed by atoms with Gasteiger partial charge < -0.3 is 10.2 Å². The van der Waals surface area contributed by atoms with E-state index in [9.17, 15) is 0 Å². The molecule has 1 aliphatic heterocycles. The van der Waals surface area contributed by atoms with Gasteiger partial charge in [0.15, 0.2) is 0 Å². The van der Waals surface area contributed by atoms with Crippen LogP contribution in [0.25, 0.3) is 0 Å². The first-order valence-electron chi connectivity index (χ1n) is 5.75. The fourth-order valence-corrected chi connectivity index (χ4v) is 2.82. The van der Waals surface area contributed by atoms with Crippen molar-refractivity contribution in [2.75, 3.05) is 16.9 Å². The second kappa shape index (κ2) is 4.94. The highest BCUT2D eigenvalue weighted by atomic mass is 79.9. The van der Waals surface area contributed by atoms with Crippen LogP contribution in [-0.4, -0.2) is 6.67 Å². The predicted molar refractivity (Wildman–Crippen MR) is 83.0 cm³/mol. The molecule has 0 aromatic heterocycles. The number of halogens is 2. The minimum absolute atomic E-state index is 0.844. The number of anilines is 2. The molecule has 1 heterocycles. The summed E-state index contributed by atoms with van der Waals surface area (Å²) in [7, 11) is 0. The molecule has 0 radical (unpaired) electrons. The summed E-state index contributed by atoms with van der Waals surface area (Å²) in [6.07, 6.45) is 0. The van der Waals surface area contributed by atoms with Gasteiger partial charge >= 0.3 is 0 Å². The molecule has 2 aromatic rings. The molecule has 4 heteroatoms. The van der Waals surface area contributed by atoms with E-state index in [0.717, 1.165) is 22.2 Å². The third-order valence-corrected chi connectivity index (χ3v) is 4.10. The Morgan fingerprint density at radius 2 is 1.67 bits per heavy atom. The summed E-state index contributed by atoms with van der Waals surface area (Å²) >= 11 is 6.99. The number of fused-ring (bicyclic) bond motifs is 1. The topological polar surface area (TPSA) is 15.3 Å². The molecule has 92 valence electrons. The van der Waals surface area contributed by atoms with Gasteiger partial charge in [0.05, 0.1) is 6.67 Å². The Labute approximate surface area is 123 Å². The Morgan fingerprint density at radius 1 is 0.944 bits per heavy atom. The Kier molecular flexibility index (Phi) is 3.31. The molecule has 0 bridgehead atoms. The van der Waals surface area contributed by atoms with Crippen LogP contribution in [0.2, 0.25) is 0 Å². The number of nitrogens with one attached hydrogen (secondary N) is 1. The lowest BCUT2D eigenvalue weighted by Gasteiger charge is -2.32. The maximum absolute atomic E-state index is 3.52. The molecule has 0 atom stereocenters. The van der Waals surface area contributed by atoms with Crippen LogP contribution in [0.15, 0.2) is 51.4 Å². The van der Waals surface area contributed by atoms with Gasteiger partial charge in [0.1, 0.15) is 0 Å². The lowest BCUT2D eigenvalue weighted by molar-refractivity contribution is 0.809. The average molecular weight is 368 g/mol. The fraction of sp³-hybridized carbons (Fsp3) is 0.143. The largest absolute Gasteiger partial charge is 0.367 e. The monoisotopic (exact) mass is 366 g/mol. The van der Waals surface area contributed by atoms with Crippen LogP contribution in [0.3, 0.4) is 0 Å². The van der Waals surface area contributed by atoms with Crippen molar-refractivity contribution in [3.8, 4) is 0 Å². The quantitative estimate of drug-likeness (QED) is 0.792. The number of hydrogen-bond donors (Lipinski definition) is 1. The van der Waals surface area contributed by atoms with E-state index in [2.05, 4.69) is 84.5 Å². The van der Waals surface area contributed by atoms with E-state index in [1.54, 1.807) is 0 Å². The van der Waals surface area contributed by atoms with Crippen LogP contribution in [0.1, 0.15) is 5.56 Å². The maximum atomic E-state index is 3.52. The van der Waals surface area contributed by atoms with Crippen molar-refractivity contribution in [2.45, 2.75) is 6.54 Å². The molecule has 2 nitrogen and oxygen atoms in total. The Hall–Kier alpha value is -1.00. The molecule has 0 fully saturated rings. The third kappa shape index (κ3) is 2.40. The molecule has 0 amide bonds. The molecule has 0 saturated carbocycles. The van der Waals surface area contributed by atoms with Crippen LogP contribution < -0.4 is 10.2 Å². The number of rotatable bonds is 1. The molecule has 1 aliphatic rings. The van der Waals surface area contributed by atoms with Crippen molar-refractivity contribution < 1.29 is 0 Å². The highest BCUT2D eigenvalue weighted by molar-refractivity contribution is 9.10. The van der Waals surface area contributed by atoms with Gasteiger partial charge in [-0.05, 0) is 48.0 Å². The number of benzene rings is 2. The molecule has 18 heavy (non-hydrogen) atoms. The van der Waals surface area contributed by atoms with Crippen LogP contribution in [0.5, 0.6) is 0 Å². The van der Waals surface area contributed by atoms with Crippen LogP contribution >= 0.6 is 31.9 Å². The van der Waals surface area contributed by atoms with E-state index in [1.807, 2.05) is 0 Å². The summed E-state index contributed by atoms with van der Waals surface area (Å²) in [6.45, 7) is 1.78. The normalized spacial score (nSPS) is 14.0. The second-order valence-corrected chi connectivity index (χ2v) is 6.14. The van der Waals surface area contributed by atoms with E-state index < -0.39 is 0 Å². The first kappa shape index (κ1) is 12.1. The van der Waals surface area contributed by atoms with E-state index in [4.69, 9.17) is 0 Å². The molecule has 0 spiro atoms. The standard InChI is InChI=1S/C14H12Br2N2/c15-11-1-4-13(5-2-11)18-8-10-7-12(16)3-6-14(10)17-9-18/h1-7,17H,8-9H2. The van der Waals surface area contributed by atoms with Gasteiger partial charge in [-0.15, -0.1) is 0 Å². The Bertz CT molecular complexity index is 567. The highest BCUT2D eigenvalue weighted by Crippen LogP contribution is 2.29. The summed E-state index contributed by atoms with van der Waals surface area (Å²) in [6, 6.07) is 14.8. The first-order chi connectivity index (χ1) is 8.72. The van der Waals surface area contributed by atoms with Gasteiger partial charge in [-0.25, -0.2) is 0 Å². The molecular weight excluding hydrogens is 356 g/mol. The first-order valence-corrected chi connectivity index (χ1v) is 7.34. The maximum Gasteiger partial charge on any atom is 0.0880 e. The summed E-state index contributed by atoms with van der Waals surface area (Å²) in [5.74, 6) is 0. The zero-order chi connectivity index (χ0) is 12.5. The van der Waals surface area contributed by atoms with Crippen LogP contribution in [0, 0.1) is 0 Å². The highest BCUT2D eigenvalue weighted by Gasteiger charge is 2.15. The summed E-state index contributed by atoms with van der Waals surface area (Å²) < 4.78 is 2.24. The molecule has 0 saturated heterocycles. The number of hydrogen-bond acceptors (Lipinski definition) is 2. The number of nitrogens with zero attached hydrogens (tertiary/aromatic N) is 1. The summed E-state index contributed by atoms with van der Waals surface area (Å²) in [4.78, 5) is 2.32. The van der Waals surface area contributed by atoms with Gasteiger partial charge in [-0.1, -0.05) is 31.9 Å². The second-order valence-electron chi connectivity index (χ2n) is 4.31. The van der Waals surface area contributed by atoms with Gasteiger partial charge in [0, 0.05) is 26.9 Å². The minimum atomic E-state index is 0.844. The molecule has 2 aromatic carbocycles. The van der Waals surface area contributed by atoms with Crippen molar-refractivity contribution in [3.63, 3.8) is 0 Å². The summed E-state index contributed by atoms with van der Waals surface area (Å²) in [5.41, 5.74) is 3.78. The van der Waals surface area contributed by atoms with Gasteiger partial charge in [-0.2, -0.15) is 0 Å². The summed E-state index contributed by atoms with van der Waals surface area (Å²) in [5, 5.41) is 3.45. The SMILES string of the molecule is Brc1ccc(N2CNc3ccc(Br)cc3C2)cc1. The zero-order valence-corrected chi connectivity index (χ0v) is 12.8. The van der Waals surface area contributed by atoms with Gasteiger partial charge in [-0.3, -0.25) is 0 Å². The van der Waals surface area contributed by atoms with Crippen molar-refractivity contribution in [1.29, 1.82) is 0 Å². The van der Waals surface area contributed by atoms with E-state index >= 15 is 0 Å². The van der Waals surface area contributed by atoms with E-state index in [-0.39, 0.29) is 0 Å². The molecule has 3 rings (SSSR count). The van der Waals surface area contributed by atoms with Crippen molar-refractivity contribution in [2.24, 2.45) is 0 Å². The molecular formula is C14H12Br2N2. The molecule has 0 unspecified atom stereocenters. The zero-order valence-electron chi connectivity index (χ0n) is 9.66. The minimum Gasteiger partial charge on any atom is -0.367 e. The van der Waals surface area contributed by atoms with Crippen molar-refractivity contribution in [3.05, 3.63) is 57.0 Å². The van der Waals surface area contributed by atoms with E-state index in [0.29, 0.717) is 0 Å². The van der Waals surface area contributed by atoms with Gasteiger partial charge in [0.2, 0.25) is 0 Å². The molecule has 1 N–H and O–H groups in total. The Balaban J connectivity index is 1.88. The lowest BCUT2D eigenvalue weighted by Crippen LogP contribution is -2.33. The average Bonchev–Trinajstić information content (AvgIpc) is 2.38. The smallest absolute Gasteiger partial charge is 0.0880 e. The molecule has 0 aliphatic carbocycles. The van der Waals surface area contributed by atoms with Crippen LogP contribution in [0.4, 0.5) is 11.4 Å². The fourth-order valence-electron chi connectivity index (χ4n) is 2.14.